The van der Waals surface area contributed by atoms with E-state index >= 15 is 0 Å². The first kappa shape index (κ1) is 20.8. The summed E-state index contributed by atoms with van der Waals surface area (Å²) in [5.41, 5.74) is 2.79. The largest absolute Gasteiger partial charge is 0.348 e. The van der Waals surface area contributed by atoms with Crippen LogP contribution in [0, 0.1) is 13.8 Å². The van der Waals surface area contributed by atoms with Crippen LogP contribution in [0.3, 0.4) is 0 Å². The molecule has 0 atom stereocenters. The molecule has 4 rings (SSSR count). The molecule has 158 valence electrons. The number of aryl methyl sites for hydroxylation is 2. The van der Waals surface area contributed by atoms with Gasteiger partial charge in [-0.05, 0) is 43.8 Å². The van der Waals surface area contributed by atoms with E-state index in [9.17, 15) is 13.2 Å². The Labute approximate surface area is 180 Å². The van der Waals surface area contributed by atoms with Crippen LogP contribution >= 0.6 is 11.8 Å². The predicted molar refractivity (Wildman–Crippen MR) is 117 cm³/mol. The van der Waals surface area contributed by atoms with Crippen molar-refractivity contribution in [2.24, 2.45) is 12.0 Å². The number of hydrogen-bond donors (Lipinski definition) is 0. The Hall–Kier alpha value is -2.43. The molecule has 3 heterocycles. The maximum atomic E-state index is 12.8. The Morgan fingerprint density at radius 2 is 1.73 bits per heavy atom. The Morgan fingerprint density at radius 3 is 2.33 bits per heavy atom. The smallest absolute Gasteiger partial charge is 0.286 e. The van der Waals surface area contributed by atoms with Gasteiger partial charge >= 0.3 is 0 Å². The van der Waals surface area contributed by atoms with Gasteiger partial charge in [-0.25, -0.2) is 8.42 Å². The summed E-state index contributed by atoms with van der Waals surface area (Å²) in [4.78, 5) is 19.5. The zero-order valence-electron chi connectivity index (χ0n) is 17.1. The molecule has 2 aromatic rings. The molecule has 30 heavy (non-hydrogen) atoms. The lowest BCUT2D eigenvalue weighted by molar-refractivity contribution is -0.113. The van der Waals surface area contributed by atoms with Crippen molar-refractivity contribution >= 4 is 38.9 Å². The number of benzene rings is 1. The molecule has 0 bridgehead atoms. The molecule has 0 saturated carbocycles. The first-order valence-corrected chi connectivity index (χ1v) is 11.9. The van der Waals surface area contributed by atoms with Crippen molar-refractivity contribution < 1.29 is 13.2 Å². The van der Waals surface area contributed by atoms with Crippen molar-refractivity contribution in [1.29, 1.82) is 0 Å². The summed E-state index contributed by atoms with van der Waals surface area (Å²) in [5.74, 6) is -0.267. The van der Waals surface area contributed by atoms with Crippen LogP contribution in [0.25, 0.3) is 6.08 Å². The van der Waals surface area contributed by atoms with E-state index in [1.807, 2.05) is 31.9 Å². The number of nitrogens with zero attached hydrogens (tertiary/aromatic N) is 5. The molecule has 2 aliphatic rings. The lowest BCUT2D eigenvalue weighted by atomic mass is 10.2. The summed E-state index contributed by atoms with van der Waals surface area (Å²) >= 11 is 1.33. The van der Waals surface area contributed by atoms with Crippen LogP contribution in [0.1, 0.15) is 17.0 Å². The second kappa shape index (κ2) is 8.01. The Bertz CT molecular complexity index is 1140. The van der Waals surface area contributed by atoms with Gasteiger partial charge in [-0.2, -0.15) is 14.4 Å². The average molecular weight is 446 g/mol. The summed E-state index contributed by atoms with van der Waals surface area (Å²) in [6.45, 7) is 5.56. The van der Waals surface area contributed by atoms with Gasteiger partial charge in [0.15, 0.2) is 5.17 Å². The van der Waals surface area contributed by atoms with Crippen LogP contribution in [-0.2, 0) is 21.9 Å². The zero-order valence-corrected chi connectivity index (χ0v) is 18.7. The van der Waals surface area contributed by atoms with Crippen molar-refractivity contribution in [3.05, 3.63) is 52.2 Å². The molecule has 0 spiro atoms. The topological polar surface area (TPSA) is 87.9 Å². The maximum absolute atomic E-state index is 12.8. The van der Waals surface area contributed by atoms with Crippen molar-refractivity contribution in [3.63, 3.8) is 0 Å². The van der Waals surface area contributed by atoms with E-state index < -0.39 is 10.0 Å². The van der Waals surface area contributed by atoms with Gasteiger partial charge in [0, 0.05) is 44.5 Å². The van der Waals surface area contributed by atoms with Crippen LogP contribution in [0.2, 0.25) is 0 Å². The molecule has 10 heteroatoms. The summed E-state index contributed by atoms with van der Waals surface area (Å²) in [7, 11) is -1.63. The summed E-state index contributed by atoms with van der Waals surface area (Å²) in [6.07, 6.45) is 1.84. The van der Waals surface area contributed by atoms with Crippen LogP contribution < -0.4 is 0 Å². The van der Waals surface area contributed by atoms with Crippen molar-refractivity contribution in [2.45, 2.75) is 18.7 Å². The van der Waals surface area contributed by atoms with Gasteiger partial charge in [-0.15, -0.1) is 0 Å². The lowest BCUT2D eigenvalue weighted by Crippen LogP contribution is -2.49. The van der Waals surface area contributed by atoms with E-state index in [1.54, 1.807) is 35.0 Å². The molecular weight excluding hydrogens is 422 g/mol. The standard InChI is InChI=1S/C20H23N5O3S2/c1-14-17(15(2)23(3)22-14)13-18-19(26)21-20(29-18)24-9-11-25(12-10-24)30(27,28)16-7-5-4-6-8-16/h4-8,13H,9-12H2,1-3H3/b18-13+. The minimum absolute atomic E-state index is 0.267. The lowest BCUT2D eigenvalue weighted by Gasteiger charge is -2.34. The van der Waals surface area contributed by atoms with Crippen LogP contribution in [0.4, 0.5) is 0 Å². The van der Waals surface area contributed by atoms with Gasteiger partial charge in [-0.3, -0.25) is 9.48 Å². The van der Waals surface area contributed by atoms with Crippen LogP contribution in [0.5, 0.6) is 0 Å². The fraction of sp³-hybridized carbons (Fsp3) is 0.350. The summed E-state index contributed by atoms with van der Waals surface area (Å²) in [6, 6.07) is 8.45. The highest BCUT2D eigenvalue weighted by atomic mass is 32.2. The average Bonchev–Trinajstić information content (AvgIpc) is 3.23. The number of amides is 1. The number of aliphatic imine (C=N–C) groups is 1. The fourth-order valence-electron chi connectivity index (χ4n) is 3.52. The number of carbonyl (C=O) groups excluding carboxylic acids is 1. The van der Waals surface area contributed by atoms with E-state index in [-0.39, 0.29) is 5.91 Å². The van der Waals surface area contributed by atoms with Gasteiger partial charge < -0.3 is 4.90 Å². The quantitative estimate of drug-likeness (QED) is 0.672. The second-order valence-corrected chi connectivity index (χ2v) is 10.2. The number of sulfonamides is 1. The van der Waals surface area contributed by atoms with E-state index in [2.05, 4.69) is 10.1 Å². The van der Waals surface area contributed by atoms with E-state index in [0.29, 0.717) is 41.1 Å². The molecule has 1 amide bonds. The molecule has 1 aromatic heterocycles. The highest BCUT2D eigenvalue weighted by molar-refractivity contribution is 8.18. The van der Waals surface area contributed by atoms with Crippen molar-refractivity contribution in [1.82, 2.24) is 19.0 Å². The number of amidine groups is 1. The summed E-state index contributed by atoms with van der Waals surface area (Å²) in [5, 5.41) is 5.01. The Kier molecular flexibility index (Phi) is 5.56. The third-order valence-corrected chi connectivity index (χ3v) is 8.30. The first-order valence-electron chi connectivity index (χ1n) is 9.60. The van der Waals surface area contributed by atoms with Crippen molar-refractivity contribution in [2.75, 3.05) is 26.2 Å². The minimum atomic E-state index is -3.51. The SMILES string of the molecule is Cc1nn(C)c(C)c1/C=C1/SC(N2CCN(S(=O)(=O)c3ccccc3)CC2)=NC1=O. The fourth-order valence-corrected chi connectivity index (χ4v) is 5.91. The Morgan fingerprint density at radius 1 is 1.07 bits per heavy atom. The highest BCUT2D eigenvalue weighted by Crippen LogP contribution is 2.32. The maximum Gasteiger partial charge on any atom is 0.286 e. The van der Waals surface area contributed by atoms with Crippen molar-refractivity contribution in [3.8, 4) is 0 Å². The molecule has 1 fully saturated rings. The highest BCUT2D eigenvalue weighted by Gasteiger charge is 2.32. The van der Waals surface area contributed by atoms with Gasteiger partial charge in [0.25, 0.3) is 5.91 Å². The number of thioether (sulfide) groups is 1. The molecule has 0 aliphatic carbocycles. The molecule has 8 nitrogen and oxygen atoms in total. The zero-order chi connectivity index (χ0) is 21.5. The molecule has 2 aliphatic heterocycles. The van der Waals surface area contributed by atoms with Gasteiger partial charge in [0.05, 0.1) is 15.5 Å². The molecule has 1 saturated heterocycles. The monoisotopic (exact) mass is 445 g/mol. The van der Waals surface area contributed by atoms with Crippen LogP contribution in [-0.4, -0.2) is 64.7 Å². The molecule has 0 unspecified atom stereocenters. The minimum Gasteiger partial charge on any atom is -0.348 e. The van der Waals surface area contributed by atoms with E-state index in [4.69, 9.17) is 0 Å². The summed E-state index contributed by atoms with van der Waals surface area (Å²) < 4.78 is 28.9. The number of rotatable bonds is 3. The number of hydrogen-bond acceptors (Lipinski definition) is 6. The van der Waals surface area contributed by atoms with Crippen LogP contribution in [0.15, 0.2) is 45.1 Å². The third-order valence-electron chi connectivity index (χ3n) is 5.34. The third kappa shape index (κ3) is 3.82. The molecule has 1 aromatic carbocycles. The molecular formula is C20H23N5O3S2. The second-order valence-electron chi connectivity index (χ2n) is 7.22. The molecule has 0 N–H and O–H groups in total. The normalized spacial score (nSPS) is 19.6. The molecule has 0 radical (unpaired) electrons. The number of piperazine rings is 1. The van der Waals surface area contributed by atoms with E-state index in [1.165, 1.54) is 16.1 Å². The first-order chi connectivity index (χ1) is 14.3. The Balaban J connectivity index is 1.44. The number of aromatic nitrogens is 2. The van der Waals surface area contributed by atoms with Gasteiger partial charge in [-0.1, -0.05) is 18.2 Å². The van der Waals surface area contributed by atoms with Gasteiger partial charge in [0.1, 0.15) is 0 Å². The predicted octanol–water partition coefficient (Wildman–Crippen LogP) is 2.01. The number of carbonyl (C=O) groups is 1. The van der Waals surface area contributed by atoms with E-state index in [0.717, 1.165) is 17.0 Å². The van der Waals surface area contributed by atoms with Gasteiger partial charge in [0.2, 0.25) is 10.0 Å².